The van der Waals surface area contributed by atoms with Crippen molar-refractivity contribution in [1.82, 2.24) is 4.90 Å². The van der Waals surface area contributed by atoms with Crippen molar-refractivity contribution in [2.24, 2.45) is 11.7 Å². The number of rotatable bonds is 6. The van der Waals surface area contributed by atoms with E-state index in [0.29, 0.717) is 19.0 Å². The number of alkyl halides is 2. The summed E-state index contributed by atoms with van der Waals surface area (Å²) < 4.78 is 26.8. The van der Waals surface area contributed by atoms with E-state index < -0.39 is 5.92 Å². The summed E-state index contributed by atoms with van der Waals surface area (Å²) >= 11 is 0. The first-order valence-electron chi connectivity index (χ1n) is 7.43. The van der Waals surface area contributed by atoms with Gasteiger partial charge in [-0.05, 0) is 51.1 Å². The molecule has 0 aromatic rings. The molecule has 2 aliphatic carbocycles. The van der Waals surface area contributed by atoms with E-state index in [1.165, 1.54) is 19.3 Å². The van der Waals surface area contributed by atoms with Crippen molar-refractivity contribution in [1.29, 1.82) is 0 Å². The standard InChI is InChI=1S/C14H26F2N2/c15-14(16)7-2-4-12(10-14)11-18(9-3-8-17)13-5-1-6-13/h12-13H,1-11,17H2. The van der Waals surface area contributed by atoms with Gasteiger partial charge in [-0.2, -0.15) is 0 Å². The molecule has 2 fully saturated rings. The van der Waals surface area contributed by atoms with Crippen molar-refractivity contribution < 1.29 is 8.78 Å². The van der Waals surface area contributed by atoms with Crippen molar-refractivity contribution in [3.05, 3.63) is 0 Å². The van der Waals surface area contributed by atoms with Gasteiger partial charge in [0.2, 0.25) is 5.92 Å². The first-order chi connectivity index (χ1) is 8.61. The van der Waals surface area contributed by atoms with Crippen LogP contribution in [0.2, 0.25) is 0 Å². The molecule has 2 aliphatic rings. The van der Waals surface area contributed by atoms with E-state index in [4.69, 9.17) is 5.73 Å². The summed E-state index contributed by atoms with van der Waals surface area (Å²) in [5.74, 6) is -2.23. The smallest absolute Gasteiger partial charge is 0.248 e. The normalized spacial score (nSPS) is 28.3. The van der Waals surface area contributed by atoms with Crippen LogP contribution in [-0.2, 0) is 0 Å². The van der Waals surface area contributed by atoms with Crippen LogP contribution in [0.15, 0.2) is 0 Å². The summed E-state index contributed by atoms with van der Waals surface area (Å²) in [5, 5.41) is 0. The zero-order valence-electron chi connectivity index (χ0n) is 11.2. The molecule has 0 heterocycles. The Labute approximate surface area is 109 Å². The van der Waals surface area contributed by atoms with Gasteiger partial charge in [0, 0.05) is 25.4 Å². The van der Waals surface area contributed by atoms with Crippen LogP contribution in [0.4, 0.5) is 8.78 Å². The summed E-state index contributed by atoms with van der Waals surface area (Å²) in [4.78, 5) is 2.43. The molecular weight excluding hydrogens is 234 g/mol. The predicted molar refractivity (Wildman–Crippen MR) is 69.8 cm³/mol. The van der Waals surface area contributed by atoms with Gasteiger partial charge in [-0.25, -0.2) is 8.78 Å². The van der Waals surface area contributed by atoms with Crippen molar-refractivity contribution >= 4 is 0 Å². The summed E-state index contributed by atoms with van der Waals surface area (Å²) in [6, 6.07) is 0.645. The van der Waals surface area contributed by atoms with Crippen LogP contribution in [0.3, 0.4) is 0 Å². The maximum Gasteiger partial charge on any atom is 0.248 e. The van der Waals surface area contributed by atoms with Crippen molar-refractivity contribution in [2.75, 3.05) is 19.6 Å². The van der Waals surface area contributed by atoms with Crippen LogP contribution in [0.25, 0.3) is 0 Å². The number of hydrogen-bond donors (Lipinski definition) is 1. The van der Waals surface area contributed by atoms with Gasteiger partial charge >= 0.3 is 0 Å². The summed E-state index contributed by atoms with van der Waals surface area (Å²) in [6.07, 6.45) is 6.62. The fraction of sp³-hybridized carbons (Fsp3) is 1.00. The predicted octanol–water partition coefficient (Wildman–Crippen LogP) is 3.02. The molecule has 18 heavy (non-hydrogen) atoms. The van der Waals surface area contributed by atoms with E-state index in [1.54, 1.807) is 0 Å². The monoisotopic (exact) mass is 260 g/mol. The van der Waals surface area contributed by atoms with Gasteiger partial charge in [0.15, 0.2) is 0 Å². The zero-order valence-corrected chi connectivity index (χ0v) is 11.2. The van der Waals surface area contributed by atoms with E-state index in [0.717, 1.165) is 25.9 Å². The minimum absolute atomic E-state index is 0.0930. The molecule has 1 unspecified atom stereocenters. The van der Waals surface area contributed by atoms with E-state index in [2.05, 4.69) is 4.90 Å². The molecule has 0 saturated heterocycles. The van der Waals surface area contributed by atoms with Gasteiger partial charge in [-0.1, -0.05) is 6.42 Å². The van der Waals surface area contributed by atoms with Gasteiger partial charge in [0.05, 0.1) is 0 Å². The van der Waals surface area contributed by atoms with E-state index in [-0.39, 0.29) is 18.8 Å². The third-order valence-electron chi connectivity index (χ3n) is 4.48. The van der Waals surface area contributed by atoms with Gasteiger partial charge in [0.25, 0.3) is 0 Å². The van der Waals surface area contributed by atoms with E-state index >= 15 is 0 Å². The van der Waals surface area contributed by atoms with Crippen LogP contribution in [-0.4, -0.2) is 36.5 Å². The Kier molecular flexibility index (Phi) is 4.96. The lowest BCUT2D eigenvalue weighted by Gasteiger charge is -2.41. The molecule has 0 amide bonds. The number of halogens is 2. The Morgan fingerprint density at radius 2 is 1.94 bits per heavy atom. The Balaban J connectivity index is 1.83. The average Bonchev–Trinajstić information content (AvgIpc) is 2.22. The Morgan fingerprint density at radius 1 is 1.17 bits per heavy atom. The summed E-state index contributed by atoms with van der Waals surface area (Å²) in [5.41, 5.74) is 5.57. The molecule has 0 spiro atoms. The highest BCUT2D eigenvalue weighted by Gasteiger charge is 2.37. The van der Waals surface area contributed by atoms with Crippen LogP contribution < -0.4 is 5.73 Å². The minimum Gasteiger partial charge on any atom is -0.330 e. The van der Waals surface area contributed by atoms with Crippen molar-refractivity contribution in [2.45, 2.75) is 63.3 Å². The Hall–Kier alpha value is -0.220. The van der Waals surface area contributed by atoms with Crippen molar-refractivity contribution in [3.63, 3.8) is 0 Å². The molecule has 2 rings (SSSR count). The van der Waals surface area contributed by atoms with Crippen molar-refractivity contribution in [3.8, 4) is 0 Å². The maximum absolute atomic E-state index is 13.4. The average molecular weight is 260 g/mol. The lowest BCUT2D eigenvalue weighted by molar-refractivity contribution is -0.0603. The third-order valence-corrected chi connectivity index (χ3v) is 4.48. The molecular formula is C14H26F2N2. The molecule has 0 aromatic heterocycles. The van der Waals surface area contributed by atoms with Crippen LogP contribution in [0.5, 0.6) is 0 Å². The molecule has 0 radical (unpaired) electrons. The van der Waals surface area contributed by atoms with E-state index in [1.807, 2.05) is 0 Å². The minimum atomic E-state index is -2.41. The summed E-state index contributed by atoms with van der Waals surface area (Å²) in [7, 11) is 0. The zero-order chi connectivity index (χ0) is 13.0. The van der Waals surface area contributed by atoms with Crippen LogP contribution >= 0.6 is 0 Å². The maximum atomic E-state index is 13.4. The van der Waals surface area contributed by atoms with E-state index in [9.17, 15) is 8.78 Å². The van der Waals surface area contributed by atoms with Gasteiger partial charge in [0.1, 0.15) is 0 Å². The number of nitrogens with zero attached hydrogens (tertiary/aromatic N) is 1. The quantitative estimate of drug-likeness (QED) is 0.795. The first-order valence-corrected chi connectivity index (χ1v) is 7.43. The topological polar surface area (TPSA) is 29.3 Å². The van der Waals surface area contributed by atoms with Crippen LogP contribution in [0.1, 0.15) is 51.4 Å². The molecule has 0 bridgehead atoms. The SMILES string of the molecule is NCCCN(CC1CCCC(F)(F)C1)C1CCC1. The highest BCUT2D eigenvalue weighted by Crippen LogP contribution is 2.38. The number of hydrogen-bond acceptors (Lipinski definition) is 2. The lowest BCUT2D eigenvalue weighted by Crippen LogP contribution is -2.45. The fourth-order valence-corrected chi connectivity index (χ4v) is 3.23. The molecule has 2 nitrogen and oxygen atoms in total. The second-order valence-electron chi connectivity index (χ2n) is 6.04. The van der Waals surface area contributed by atoms with Gasteiger partial charge in [-0.3, -0.25) is 0 Å². The first kappa shape index (κ1) is 14.2. The van der Waals surface area contributed by atoms with Gasteiger partial charge < -0.3 is 10.6 Å². The molecule has 0 aliphatic heterocycles. The summed E-state index contributed by atoms with van der Waals surface area (Å²) in [6.45, 7) is 2.55. The largest absolute Gasteiger partial charge is 0.330 e. The Bertz CT molecular complexity index is 254. The second kappa shape index (κ2) is 6.29. The lowest BCUT2D eigenvalue weighted by atomic mass is 9.84. The van der Waals surface area contributed by atoms with Crippen LogP contribution in [0, 0.1) is 5.92 Å². The third kappa shape index (κ3) is 3.89. The fourth-order valence-electron chi connectivity index (χ4n) is 3.23. The second-order valence-corrected chi connectivity index (χ2v) is 6.04. The molecule has 0 aromatic carbocycles. The number of nitrogens with two attached hydrogens (primary N) is 1. The molecule has 106 valence electrons. The molecule has 2 saturated carbocycles. The highest BCUT2D eigenvalue weighted by molar-refractivity contribution is 4.85. The Morgan fingerprint density at radius 3 is 2.50 bits per heavy atom. The highest BCUT2D eigenvalue weighted by atomic mass is 19.3. The molecule has 4 heteroatoms. The molecule has 2 N–H and O–H groups in total. The van der Waals surface area contributed by atoms with Gasteiger partial charge in [-0.15, -0.1) is 0 Å². The molecule has 1 atom stereocenters.